The first-order valence-electron chi connectivity index (χ1n) is 27.7. The number of para-hydroxylation sites is 3. The van der Waals surface area contributed by atoms with Gasteiger partial charge in [-0.1, -0.05) is 170 Å². The standard InChI is InChI=1S/C62H40N2O/c1-2-13-46-39-48(24-23-41(46)11-1)43-27-34-50(35-28-43)63(51-36-29-45(30-37-51)54-19-10-20-57-58-38-31-44-12-3-4-16-53(44)62(58)65-61(54)57)49-32-25-42(26-33-49)47-14-9-15-52(40-47)64-59-21-7-5-17-55(59)56-18-6-8-22-60(56)64/h1-40H/i3D,4D,10D,12D,16D,19D,20D,29D,30D,31D,36D,37D,38D. The van der Waals surface area contributed by atoms with Gasteiger partial charge in [-0.2, -0.15) is 0 Å². The fourth-order valence-electron chi connectivity index (χ4n) is 9.06. The Morgan fingerprint density at radius 2 is 0.969 bits per heavy atom. The van der Waals surface area contributed by atoms with E-state index in [1.165, 1.54) is 0 Å². The Labute approximate surface area is 394 Å². The molecule has 0 amide bonds. The molecule has 0 aliphatic rings. The first-order chi connectivity index (χ1) is 37.6. The van der Waals surface area contributed by atoms with Crippen molar-refractivity contribution >= 4 is 82.4 Å². The summed E-state index contributed by atoms with van der Waals surface area (Å²) in [4.78, 5) is 1.65. The fraction of sp³-hybridized carbons (Fsp3) is 0. The van der Waals surface area contributed by atoms with E-state index in [4.69, 9.17) is 15.4 Å². The molecule has 0 unspecified atom stereocenters. The van der Waals surface area contributed by atoms with Gasteiger partial charge in [-0.05, 0) is 117 Å². The summed E-state index contributed by atoms with van der Waals surface area (Å²) in [6.07, 6.45) is 0. The van der Waals surface area contributed by atoms with Gasteiger partial charge in [-0.15, -0.1) is 0 Å². The zero-order chi connectivity index (χ0) is 54.2. The zero-order valence-electron chi connectivity index (χ0n) is 47.4. The molecule has 0 saturated carbocycles. The maximum Gasteiger partial charge on any atom is 0.143 e. The van der Waals surface area contributed by atoms with Crippen LogP contribution in [0.15, 0.2) is 247 Å². The number of aromatic nitrogens is 1. The van der Waals surface area contributed by atoms with Crippen molar-refractivity contribution in [2.24, 2.45) is 0 Å². The molecule has 65 heavy (non-hydrogen) atoms. The fourth-order valence-corrected chi connectivity index (χ4v) is 9.06. The van der Waals surface area contributed by atoms with E-state index in [1.807, 2.05) is 115 Å². The van der Waals surface area contributed by atoms with Crippen molar-refractivity contribution in [3.63, 3.8) is 0 Å². The van der Waals surface area contributed by atoms with Crippen LogP contribution < -0.4 is 4.90 Å². The van der Waals surface area contributed by atoms with Crippen molar-refractivity contribution < 1.29 is 22.2 Å². The summed E-state index contributed by atoms with van der Waals surface area (Å²) in [5.74, 6) is 0. The van der Waals surface area contributed by atoms with Crippen LogP contribution in [0.5, 0.6) is 0 Å². The van der Waals surface area contributed by atoms with Gasteiger partial charge in [0.1, 0.15) is 11.2 Å². The molecule has 0 saturated heterocycles. The lowest BCUT2D eigenvalue weighted by Crippen LogP contribution is -2.09. The van der Waals surface area contributed by atoms with Crippen LogP contribution in [0, 0.1) is 0 Å². The van der Waals surface area contributed by atoms with Crippen molar-refractivity contribution in [1.82, 2.24) is 4.57 Å². The Morgan fingerprint density at radius 3 is 1.71 bits per heavy atom. The third-order valence-corrected chi connectivity index (χ3v) is 12.2. The molecule has 3 heteroatoms. The largest absolute Gasteiger partial charge is 0.455 e. The van der Waals surface area contributed by atoms with Gasteiger partial charge in [0.05, 0.1) is 28.9 Å². The molecule has 2 aromatic heterocycles. The average Bonchev–Trinajstić information content (AvgIpc) is 4.25. The number of furan rings is 1. The van der Waals surface area contributed by atoms with Crippen molar-refractivity contribution in [3.05, 3.63) is 242 Å². The van der Waals surface area contributed by atoms with Gasteiger partial charge in [0.2, 0.25) is 0 Å². The topological polar surface area (TPSA) is 21.3 Å². The van der Waals surface area contributed by atoms with Gasteiger partial charge in [0, 0.05) is 55.2 Å². The van der Waals surface area contributed by atoms with E-state index < -0.39 is 84.1 Å². The zero-order valence-corrected chi connectivity index (χ0v) is 34.4. The number of nitrogens with zero attached hydrogens (tertiary/aromatic N) is 2. The number of hydrogen-bond donors (Lipinski definition) is 0. The summed E-state index contributed by atoms with van der Waals surface area (Å²) in [5, 5.41) is 3.43. The molecule has 13 aromatic rings. The first kappa shape index (κ1) is 26.1. The summed E-state index contributed by atoms with van der Waals surface area (Å²) in [6.45, 7) is 0. The molecule has 2 heterocycles. The Balaban J connectivity index is 0.988. The molecule has 0 bridgehead atoms. The molecule has 0 spiro atoms. The van der Waals surface area contributed by atoms with E-state index in [9.17, 15) is 6.85 Å². The lowest BCUT2D eigenvalue weighted by molar-refractivity contribution is 0.674. The van der Waals surface area contributed by atoms with E-state index >= 15 is 0 Å². The van der Waals surface area contributed by atoms with Gasteiger partial charge in [-0.25, -0.2) is 0 Å². The smallest absolute Gasteiger partial charge is 0.143 e. The second kappa shape index (κ2) is 15.0. The maximum atomic E-state index is 9.79. The number of rotatable bonds is 7. The molecular weight excluding hydrogens is 789 g/mol. The van der Waals surface area contributed by atoms with Gasteiger partial charge < -0.3 is 13.9 Å². The highest BCUT2D eigenvalue weighted by atomic mass is 16.3. The van der Waals surface area contributed by atoms with E-state index in [0.717, 1.165) is 60.5 Å². The minimum absolute atomic E-state index is 0.127. The monoisotopic (exact) mass is 841 g/mol. The summed E-state index contributed by atoms with van der Waals surface area (Å²) >= 11 is 0. The molecule has 0 radical (unpaired) electrons. The molecule has 0 N–H and O–H groups in total. The molecule has 304 valence electrons. The number of fused-ring (bicyclic) bond motifs is 9. The molecule has 0 aliphatic heterocycles. The van der Waals surface area contributed by atoms with Crippen molar-refractivity contribution in [1.29, 1.82) is 0 Å². The lowest BCUT2D eigenvalue weighted by Gasteiger charge is -2.26. The summed E-state index contributed by atoms with van der Waals surface area (Å²) in [7, 11) is 0. The third kappa shape index (κ3) is 6.20. The molecule has 0 atom stereocenters. The second-order valence-electron chi connectivity index (χ2n) is 15.9. The van der Waals surface area contributed by atoms with E-state index in [1.54, 1.807) is 4.90 Å². The molecule has 13 rings (SSSR count). The van der Waals surface area contributed by atoms with Crippen molar-refractivity contribution in [3.8, 4) is 39.1 Å². The summed E-state index contributed by atoms with van der Waals surface area (Å²) in [5.41, 5.74) is 6.20. The van der Waals surface area contributed by atoms with Gasteiger partial charge in [0.15, 0.2) is 0 Å². The minimum Gasteiger partial charge on any atom is -0.455 e. The number of benzene rings is 11. The highest BCUT2D eigenvalue weighted by molar-refractivity contribution is 6.17. The highest BCUT2D eigenvalue weighted by Gasteiger charge is 2.18. The van der Waals surface area contributed by atoms with E-state index in [0.29, 0.717) is 11.4 Å². The number of hydrogen-bond acceptors (Lipinski definition) is 2. The van der Waals surface area contributed by atoms with Gasteiger partial charge >= 0.3 is 0 Å². The van der Waals surface area contributed by atoms with Crippen LogP contribution in [0.3, 0.4) is 0 Å². The van der Waals surface area contributed by atoms with Crippen LogP contribution >= 0.6 is 0 Å². The van der Waals surface area contributed by atoms with Gasteiger partial charge in [-0.3, -0.25) is 0 Å². The Hall–Kier alpha value is -8.66. The summed E-state index contributed by atoms with van der Waals surface area (Å²) < 4.78 is 127. The Kier molecular flexibility index (Phi) is 6.02. The average molecular weight is 842 g/mol. The van der Waals surface area contributed by atoms with Crippen LogP contribution in [-0.4, -0.2) is 4.57 Å². The maximum absolute atomic E-state index is 9.79. The van der Waals surface area contributed by atoms with Crippen molar-refractivity contribution in [2.75, 3.05) is 4.90 Å². The molecular formula is C62H40N2O. The van der Waals surface area contributed by atoms with Crippen LogP contribution in [0.2, 0.25) is 0 Å². The van der Waals surface area contributed by atoms with E-state index in [-0.39, 0.29) is 44.0 Å². The van der Waals surface area contributed by atoms with Crippen LogP contribution in [-0.2, 0) is 0 Å². The second-order valence-corrected chi connectivity index (χ2v) is 15.9. The van der Waals surface area contributed by atoms with Crippen LogP contribution in [0.4, 0.5) is 17.1 Å². The molecule has 3 nitrogen and oxygen atoms in total. The van der Waals surface area contributed by atoms with Crippen molar-refractivity contribution in [2.45, 2.75) is 0 Å². The molecule has 11 aromatic carbocycles. The Morgan fingerprint density at radius 1 is 0.354 bits per heavy atom. The van der Waals surface area contributed by atoms with Gasteiger partial charge in [0.25, 0.3) is 0 Å². The predicted molar refractivity (Wildman–Crippen MR) is 274 cm³/mol. The summed E-state index contributed by atoms with van der Waals surface area (Å²) in [6, 6.07) is 46.6. The van der Waals surface area contributed by atoms with Crippen LogP contribution in [0.25, 0.3) is 104 Å². The SMILES string of the molecule is [2H]c1c([2H])c(N(c2ccc(-c3cccc(-n4c5ccccc5c5ccccc54)c3)cc2)c2ccc(-c3ccc4ccccc4c3)cc2)c([2H])c([2H])c1-c1c([2H])c([2H])c([2H])c2c1oc1c3c([2H])c([2H])c([2H])c([2H])c3c([2H])c([2H])c12. The predicted octanol–water partition coefficient (Wildman–Crippen LogP) is 17.5. The lowest BCUT2D eigenvalue weighted by atomic mass is 10.00. The normalized spacial score (nSPS) is 14.5. The third-order valence-electron chi connectivity index (χ3n) is 12.2. The Bertz CT molecular complexity index is 4640. The highest BCUT2D eigenvalue weighted by Crippen LogP contribution is 2.42. The molecule has 0 aliphatic carbocycles. The minimum atomic E-state index is -0.684. The van der Waals surface area contributed by atoms with E-state index in [2.05, 4.69) is 53.1 Å². The molecule has 0 fully saturated rings. The van der Waals surface area contributed by atoms with Crippen LogP contribution in [0.1, 0.15) is 17.8 Å². The number of anilines is 3. The first-order valence-corrected chi connectivity index (χ1v) is 21.2. The quantitative estimate of drug-likeness (QED) is 0.159.